The Labute approximate surface area is 195 Å². The van der Waals surface area contributed by atoms with Gasteiger partial charge in [0.25, 0.3) is 0 Å². The van der Waals surface area contributed by atoms with Crippen molar-refractivity contribution in [2.75, 3.05) is 0 Å². The second-order valence-electron chi connectivity index (χ2n) is 7.62. The molecule has 1 unspecified atom stereocenters. The van der Waals surface area contributed by atoms with Gasteiger partial charge >= 0.3 is 0 Å². The Morgan fingerprint density at radius 3 is 1.32 bits per heavy atom. The predicted molar refractivity (Wildman–Crippen MR) is 136 cm³/mol. The van der Waals surface area contributed by atoms with Crippen molar-refractivity contribution in [1.29, 1.82) is 10.5 Å². The average molecular weight is 439 g/mol. The third-order valence-electron chi connectivity index (χ3n) is 4.79. The maximum atomic E-state index is 10.3. The molecule has 0 aliphatic heterocycles. The molecule has 0 amide bonds. The standard InChI is InChI=1S/2C12H21NO.3CH4/c1-12(11-14)9-7-5-3-2-4-6-8-10-13;13-11-9-7-5-3-1-2-4-6-8-10-12-14;;;/h11-12H,2-9H2,1H3;12H,1-10H2;3*1H4. The zero-order chi connectivity index (χ0) is 21.1. The van der Waals surface area contributed by atoms with Crippen molar-refractivity contribution in [2.24, 2.45) is 5.92 Å². The summed E-state index contributed by atoms with van der Waals surface area (Å²) in [6.45, 7) is 1.97. The topological polar surface area (TPSA) is 81.7 Å². The third kappa shape index (κ3) is 43.2. The Balaban J connectivity index is -0.000000133. The summed E-state index contributed by atoms with van der Waals surface area (Å²) < 4.78 is 0. The maximum absolute atomic E-state index is 10.3. The van der Waals surface area contributed by atoms with Crippen molar-refractivity contribution < 1.29 is 9.59 Å². The van der Waals surface area contributed by atoms with E-state index < -0.39 is 0 Å². The molecular weight excluding hydrogens is 384 g/mol. The van der Waals surface area contributed by atoms with Gasteiger partial charge in [-0.05, 0) is 25.7 Å². The van der Waals surface area contributed by atoms with Crippen molar-refractivity contribution in [1.82, 2.24) is 0 Å². The molecule has 0 spiro atoms. The summed E-state index contributed by atoms with van der Waals surface area (Å²) in [6.07, 6.45) is 21.9. The van der Waals surface area contributed by atoms with Crippen LogP contribution in [0.3, 0.4) is 0 Å². The number of aldehydes is 2. The molecule has 0 aromatic rings. The molecule has 184 valence electrons. The molecule has 31 heavy (non-hydrogen) atoms. The molecule has 0 N–H and O–H groups in total. The highest BCUT2D eigenvalue weighted by Crippen LogP contribution is 2.11. The van der Waals surface area contributed by atoms with Gasteiger partial charge in [0.15, 0.2) is 0 Å². The molecule has 0 heterocycles. The highest BCUT2D eigenvalue weighted by molar-refractivity contribution is 5.52. The van der Waals surface area contributed by atoms with Crippen LogP contribution in [-0.4, -0.2) is 12.6 Å². The van der Waals surface area contributed by atoms with Gasteiger partial charge in [-0.3, -0.25) is 0 Å². The first-order chi connectivity index (χ1) is 13.7. The number of hydrogen-bond donors (Lipinski definition) is 0. The van der Waals surface area contributed by atoms with E-state index in [-0.39, 0.29) is 28.2 Å². The van der Waals surface area contributed by atoms with Gasteiger partial charge < -0.3 is 9.59 Å². The van der Waals surface area contributed by atoms with Crippen LogP contribution in [0.25, 0.3) is 0 Å². The summed E-state index contributed by atoms with van der Waals surface area (Å²) in [7, 11) is 0. The molecule has 0 radical (unpaired) electrons. The van der Waals surface area contributed by atoms with E-state index in [0.29, 0.717) is 12.8 Å². The van der Waals surface area contributed by atoms with Gasteiger partial charge in [0.2, 0.25) is 0 Å². The van der Waals surface area contributed by atoms with Gasteiger partial charge in [0.1, 0.15) is 12.6 Å². The van der Waals surface area contributed by atoms with E-state index in [1.54, 1.807) is 0 Å². The van der Waals surface area contributed by atoms with E-state index in [2.05, 4.69) is 12.1 Å². The minimum atomic E-state index is 0. The van der Waals surface area contributed by atoms with Crippen molar-refractivity contribution in [2.45, 2.75) is 145 Å². The van der Waals surface area contributed by atoms with Crippen LogP contribution in [0.15, 0.2) is 0 Å². The number of carbonyl (C=O) groups excluding carboxylic acids is 2. The maximum Gasteiger partial charge on any atom is 0.122 e. The first-order valence-electron chi connectivity index (χ1n) is 11.4. The second kappa shape index (κ2) is 38.9. The Morgan fingerprint density at radius 1 is 0.613 bits per heavy atom. The minimum absolute atomic E-state index is 0. The average Bonchev–Trinajstić information content (AvgIpc) is 2.71. The Hall–Kier alpha value is -1.68. The molecule has 4 heteroatoms. The summed E-state index contributed by atoms with van der Waals surface area (Å²) >= 11 is 0. The molecule has 0 aliphatic rings. The van der Waals surface area contributed by atoms with Crippen molar-refractivity contribution in [3.05, 3.63) is 0 Å². The normalized spacial score (nSPS) is 9.77. The van der Waals surface area contributed by atoms with Crippen molar-refractivity contribution >= 4 is 12.6 Å². The van der Waals surface area contributed by atoms with Crippen LogP contribution in [0, 0.1) is 28.6 Å². The van der Waals surface area contributed by atoms with Crippen LogP contribution in [0.4, 0.5) is 0 Å². The van der Waals surface area contributed by atoms with Gasteiger partial charge in [-0.2, -0.15) is 10.5 Å². The van der Waals surface area contributed by atoms with Crippen molar-refractivity contribution in [3.63, 3.8) is 0 Å². The summed E-state index contributed by atoms with van der Waals surface area (Å²) in [5.74, 6) is 0.230. The van der Waals surface area contributed by atoms with E-state index >= 15 is 0 Å². The van der Waals surface area contributed by atoms with E-state index in [1.165, 1.54) is 64.2 Å². The van der Waals surface area contributed by atoms with E-state index in [0.717, 1.165) is 51.1 Å². The number of unbranched alkanes of at least 4 members (excludes halogenated alkanes) is 15. The van der Waals surface area contributed by atoms with Crippen LogP contribution in [-0.2, 0) is 9.59 Å². The number of rotatable bonds is 19. The van der Waals surface area contributed by atoms with E-state index in [1.807, 2.05) is 6.92 Å². The lowest BCUT2D eigenvalue weighted by Gasteiger charge is -2.02. The zero-order valence-electron chi connectivity index (χ0n) is 18.2. The van der Waals surface area contributed by atoms with Gasteiger partial charge in [-0.1, -0.05) is 99.8 Å². The lowest BCUT2D eigenvalue weighted by Crippen LogP contribution is -1.94. The molecule has 0 aliphatic carbocycles. The molecule has 0 saturated carbocycles. The summed E-state index contributed by atoms with van der Waals surface area (Å²) in [4.78, 5) is 20.3. The van der Waals surface area contributed by atoms with Crippen molar-refractivity contribution in [3.8, 4) is 12.1 Å². The SMILES string of the molecule is C.C.C.CC(C=O)CCCCCCCCC#N.N#CCCCCCCCCCCC=O. The fourth-order valence-electron chi connectivity index (χ4n) is 2.94. The van der Waals surface area contributed by atoms with Gasteiger partial charge in [0.05, 0.1) is 12.1 Å². The Kier molecular flexibility index (Phi) is 49.8. The molecule has 0 aromatic carbocycles. The number of nitrogens with zero attached hydrogens (tertiary/aromatic N) is 2. The van der Waals surface area contributed by atoms with Gasteiger partial charge in [-0.25, -0.2) is 0 Å². The fourth-order valence-corrected chi connectivity index (χ4v) is 2.94. The molecule has 0 rings (SSSR count). The summed E-state index contributed by atoms with van der Waals surface area (Å²) in [6, 6.07) is 4.31. The molecular formula is C27H54N2O2. The third-order valence-corrected chi connectivity index (χ3v) is 4.79. The van der Waals surface area contributed by atoms with Crippen LogP contribution in [0.1, 0.15) is 145 Å². The van der Waals surface area contributed by atoms with Crippen LogP contribution in [0.2, 0.25) is 0 Å². The lowest BCUT2D eigenvalue weighted by molar-refractivity contribution is -0.111. The van der Waals surface area contributed by atoms with E-state index in [4.69, 9.17) is 10.5 Å². The van der Waals surface area contributed by atoms with Crippen LogP contribution >= 0.6 is 0 Å². The van der Waals surface area contributed by atoms with Gasteiger partial charge in [0, 0.05) is 25.2 Å². The van der Waals surface area contributed by atoms with Gasteiger partial charge in [-0.15, -0.1) is 0 Å². The zero-order valence-corrected chi connectivity index (χ0v) is 18.2. The van der Waals surface area contributed by atoms with E-state index in [9.17, 15) is 9.59 Å². The quantitative estimate of drug-likeness (QED) is 0.149. The molecule has 0 fully saturated rings. The minimum Gasteiger partial charge on any atom is -0.303 e. The molecule has 1 atom stereocenters. The summed E-state index contributed by atoms with van der Waals surface area (Å²) in [5.41, 5.74) is 0. The molecule has 0 saturated heterocycles. The van der Waals surface area contributed by atoms with Crippen LogP contribution in [0.5, 0.6) is 0 Å². The largest absolute Gasteiger partial charge is 0.303 e. The Morgan fingerprint density at radius 2 is 0.968 bits per heavy atom. The molecule has 0 aromatic heterocycles. The first kappa shape index (κ1) is 39.8. The first-order valence-corrected chi connectivity index (χ1v) is 11.4. The molecule has 0 bridgehead atoms. The number of carbonyl (C=O) groups is 2. The monoisotopic (exact) mass is 438 g/mol. The number of hydrogen-bond acceptors (Lipinski definition) is 4. The highest BCUT2D eigenvalue weighted by atomic mass is 16.1. The highest BCUT2D eigenvalue weighted by Gasteiger charge is 1.98. The predicted octanol–water partition coefficient (Wildman–Crippen LogP) is 8.98. The molecule has 4 nitrogen and oxygen atoms in total. The number of nitriles is 2. The fraction of sp³-hybridized carbons (Fsp3) is 0.852. The summed E-state index contributed by atoms with van der Waals surface area (Å²) in [5, 5.41) is 16.6. The smallest absolute Gasteiger partial charge is 0.122 e. The van der Waals surface area contributed by atoms with Crippen LogP contribution < -0.4 is 0 Å². The lowest BCUT2D eigenvalue weighted by atomic mass is 10.0. The Bertz CT molecular complexity index is 410. The second-order valence-corrected chi connectivity index (χ2v) is 7.62.